The Kier molecular flexibility index (Phi) is 8.22. The van der Waals surface area contributed by atoms with Crippen molar-refractivity contribution in [3.8, 4) is 0 Å². The molecule has 0 radical (unpaired) electrons. The van der Waals surface area contributed by atoms with Crippen molar-refractivity contribution in [2.45, 2.75) is 38.8 Å². The van der Waals surface area contributed by atoms with E-state index in [1.807, 2.05) is 5.32 Å². The largest absolute Gasteiger partial charge is 0.480 e. The van der Waals surface area contributed by atoms with E-state index in [0.29, 0.717) is 0 Å². The van der Waals surface area contributed by atoms with Crippen LogP contribution in [-0.2, 0) is 23.9 Å². The minimum Gasteiger partial charge on any atom is -0.480 e. The molecule has 4 amide bonds. The van der Waals surface area contributed by atoms with Crippen molar-refractivity contribution in [2.75, 3.05) is 13.1 Å². The van der Waals surface area contributed by atoms with E-state index in [1.54, 1.807) is 20.8 Å². The Labute approximate surface area is 138 Å². The maximum Gasteiger partial charge on any atom is 0.408 e. The molecule has 1 atom stereocenters. The lowest BCUT2D eigenvalue weighted by Gasteiger charge is -2.20. The number of carboxylic acid groups (broad SMARTS) is 1. The third kappa shape index (κ3) is 10.8. The standard InChI is InChI=1S/C13H22N4O7/c1-13(2,3)24-12(23)16-5-9(19)17-7(4-8(14)18)11(22)15-6-10(20)21/h7H,4-6H2,1-3H3,(H2,14,18)(H,15,22)(H,16,23)(H,17,19)(H,20,21). The topological polar surface area (TPSA) is 177 Å². The van der Waals surface area contributed by atoms with Gasteiger partial charge in [0, 0.05) is 0 Å². The fourth-order valence-electron chi connectivity index (χ4n) is 1.41. The number of alkyl carbamates (subject to hydrolysis) is 1. The Hall–Kier alpha value is -2.85. The van der Waals surface area contributed by atoms with Crippen molar-refractivity contribution in [3.05, 3.63) is 0 Å². The Morgan fingerprint density at radius 3 is 2.12 bits per heavy atom. The van der Waals surface area contributed by atoms with Gasteiger partial charge in [0.15, 0.2) is 0 Å². The molecule has 0 fully saturated rings. The molecule has 11 heteroatoms. The van der Waals surface area contributed by atoms with Crippen LogP contribution in [0.15, 0.2) is 0 Å². The summed E-state index contributed by atoms with van der Waals surface area (Å²) in [6.07, 6.45) is -1.36. The van der Waals surface area contributed by atoms with Gasteiger partial charge in [0.25, 0.3) is 0 Å². The summed E-state index contributed by atoms with van der Waals surface area (Å²) in [6, 6.07) is -1.35. The molecule has 0 aromatic heterocycles. The third-order valence-corrected chi connectivity index (χ3v) is 2.26. The van der Waals surface area contributed by atoms with Crippen LogP contribution >= 0.6 is 0 Å². The summed E-state index contributed by atoms with van der Waals surface area (Å²) in [5, 5.41) is 14.9. The first kappa shape index (κ1) is 21.1. The molecule has 0 heterocycles. The second-order valence-corrected chi connectivity index (χ2v) is 5.76. The summed E-state index contributed by atoms with van der Waals surface area (Å²) in [7, 11) is 0. The lowest BCUT2D eigenvalue weighted by atomic mass is 10.2. The van der Waals surface area contributed by atoms with Crippen molar-refractivity contribution in [1.29, 1.82) is 0 Å². The van der Waals surface area contributed by atoms with Crippen LogP contribution in [0.2, 0.25) is 0 Å². The first-order chi connectivity index (χ1) is 10.9. The number of carbonyl (C=O) groups is 5. The molecular formula is C13H22N4O7. The molecule has 0 aliphatic heterocycles. The van der Waals surface area contributed by atoms with Crippen LogP contribution in [-0.4, -0.2) is 59.6 Å². The maximum atomic E-state index is 11.7. The van der Waals surface area contributed by atoms with Crippen molar-refractivity contribution >= 4 is 29.8 Å². The molecule has 136 valence electrons. The molecule has 0 aromatic rings. The highest BCUT2D eigenvalue weighted by atomic mass is 16.6. The quantitative estimate of drug-likeness (QED) is 0.340. The van der Waals surface area contributed by atoms with Crippen molar-refractivity contribution in [1.82, 2.24) is 16.0 Å². The third-order valence-electron chi connectivity index (χ3n) is 2.26. The predicted molar refractivity (Wildman–Crippen MR) is 80.6 cm³/mol. The number of hydrogen-bond donors (Lipinski definition) is 5. The van der Waals surface area contributed by atoms with Gasteiger partial charge in [-0.3, -0.25) is 19.2 Å². The van der Waals surface area contributed by atoms with E-state index in [2.05, 4.69) is 10.6 Å². The summed E-state index contributed by atoms with van der Waals surface area (Å²) in [5.41, 5.74) is 4.23. The Morgan fingerprint density at radius 1 is 1.08 bits per heavy atom. The summed E-state index contributed by atoms with van der Waals surface area (Å²) >= 11 is 0. The van der Waals surface area contributed by atoms with Gasteiger partial charge in [0.05, 0.1) is 6.42 Å². The van der Waals surface area contributed by atoms with Gasteiger partial charge in [-0.05, 0) is 20.8 Å². The van der Waals surface area contributed by atoms with E-state index in [9.17, 15) is 24.0 Å². The molecule has 0 rings (SSSR count). The zero-order valence-corrected chi connectivity index (χ0v) is 13.7. The van der Waals surface area contributed by atoms with Crippen molar-refractivity contribution < 1.29 is 33.8 Å². The average molecular weight is 346 g/mol. The van der Waals surface area contributed by atoms with Crippen molar-refractivity contribution in [2.24, 2.45) is 5.73 Å². The van der Waals surface area contributed by atoms with Crippen LogP contribution in [0.25, 0.3) is 0 Å². The normalized spacial score (nSPS) is 11.8. The van der Waals surface area contributed by atoms with Gasteiger partial charge in [-0.1, -0.05) is 0 Å². The fourth-order valence-corrected chi connectivity index (χ4v) is 1.41. The number of hydrogen-bond acceptors (Lipinski definition) is 6. The van der Waals surface area contributed by atoms with E-state index >= 15 is 0 Å². The summed E-state index contributed by atoms with van der Waals surface area (Å²) in [6.45, 7) is 3.74. The number of primary amides is 1. The van der Waals surface area contributed by atoms with Crippen LogP contribution in [0.3, 0.4) is 0 Å². The molecule has 11 nitrogen and oxygen atoms in total. The number of carboxylic acids is 1. The molecular weight excluding hydrogens is 324 g/mol. The molecule has 0 spiro atoms. The maximum absolute atomic E-state index is 11.7. The Balaban J connectivity index is 4.53. The molecule has 6 N–H and O–H groups in total. The highest BCUT2D eigenvalue weighted by Gasteiger charge is 2.24. The highest BCUT2D eigenvalue weighted by Crippen LogP contribution is 2.06. The van der Waals surface area contributed by atoms with E-state index in [-0.39, 0.29) is 0 Å². The van der Waals surface area contributed by atoms with E-state index in [1.165, 1.54) is 0 Å². The monoisotopic (exact) mass is 346 g/mol. The van der Waals surface area contributed by atoms with Crippen molar-refractivity contribution in [3.63, 3.8) is 0 Å². The zero-order valence-electron chi connectivity index (χ0n) is 13.7. The molecule has 0 saturated carbocycles. The van der Waals surface area contributed by atoms with E-state index < -0.39 is 60.9 Å². The summed E-state index contributed by atoms with van der Waals surface area (Å²) in [5.74, 6) is -3.83. The SMILES string of the molecule is CC(C)(C)OC(=O)NCC(=O)NC(CC(N)=O)C(=O)NCC(=O)O. The summed E-state index contributed by atoms with van der Waals surface area (Å²) < 4.78 is 4.92. The lowest BCUT2D eigenvalue weighted by Crippen LogP contribution is -2.51. The van der Waals surface area contributed by atoms with Gasteiger partial charge in [-0.2, -0.15) is 0 Å². The number of nitrogens with one attached hydrogen (secondary N) is 3. The van der Waals surface area contributed by atoms with Gasteiger partial charge in [0.1, 0.15) is 24.7 Å². The Bertz CT molecular complexity index is 513. The molecule has 0 bridgehead atoms. The molecule has 1 unspecified atom stereocenters. The number of nitrogens with two attached hydrogens (primary N) is 1. The number of aliphatic carboxylic acids is 1. The van der Waals surface area contributed by atoms with Crippen LogP contribution in [0, 0.1) is 0 Å². The van der Waals surface area contributed by atoms with E-state index in [4.69, 9.17) is 15.6 Å². The fraction of sp³-hybridized carbons (Fsp3) is 0.615. The summed E-state index contributed by atoms with van der Waals surface area (Å²) in [4.78, 5) is 56.2. The first-order valence-corrected chi connectivity index (χ1v) is 6.94. The number of carbonyl (C=O) groups excluding carboxylic acids is 4. The average Bonchev–Trinajstić information content (AvgIpc) is 2.39. The number of rotatable bonds is 8. The van der Waals surface area contributed by atoms with Crippen LogP contribution < -0.4 is 21.7 Å². The second-order valence-electron chi connectivity index (χ2n) is 5.76. The van der Waals surface area contributed by atoms with E-state index in [0.717, 1.165) is 0 Å². The van der Waals surface area contributed by atoms with Crippen LogP contribution in [0.4, 0.5) is 4.79 Å². The van der Waals surface area contributed by atoms with Crippen LogP contribution in [0.1, 0.15) is 27.2 Å². The van der Waals surface area contributed by atoms with Gasteiger partial charge in [-0.15, -0.1) is 0 Å². The smallest absolute Gasteiger partial charge is 0.408 e. The number of ether oxygens (including phenoxy) is 1. The highest BCUT2D eigenvalue weighted by molar-refractivity contribution is 5.93. The van der Waals surface area contributed by atoms with Gasteiger partial charge < -0.3 is 31.5 Å². The zero-order chi connectivity index (χ0) is 18.9. The minimum absolute atomic E-state index is 0.504. The Morgan fingerprint density at radius 2 is 1.67 bits per heavy atom. The molecule has 0 saturated heterocycles. The van der Waals surface area contributed by atoms with Gasteiger partial charge in [0.2, 0.25) is 17.7 Å². The lowest BCUT2D eigenvalue weighted by molar-refractivity contribution is -0.138. The van der Waals surface area contributed by atoms with Crippen LogP contribution in [0.5, 0.6) is 0 Å². The predicted octanol–water partition coefficient (Wildman–Crippen LogP) is -1.93. The molecule has 0 aromatic carbocycles. The van der Waals surface area contributed by atoms with Gasteiger partial charge >= 0.3 is 12.1 Å². The minimum atomic E-state index is -1.35. The second kappa shape index (κ2) is 9.33. The number of amides is 4. The molecule has 24 heavy (non-hydrogen) atoms. The molecule has 0 aliphatic carbocycles. The first-order valence-electron chi connectivity index (χ1n) is 6.94. The van der Waals surface area contributed by atoms with Gasteiger partial charge in [-0.25, -0.2) is 4.79 Å². The molecule has 0 aliphatic rings.